The van der Waals surface area contributed by atoms with Gasteiger partial charge in [0.2, 0.25) is 0 Å². The van der Waals surface area contributed by atoms with Crippen LogP contribution in [0.25, 0.3) is 0 Å². The normalized spacial score (nSPS) is 10.8. The van der Waals surface area contributed by atoms with Gasteiger partial charge in [-0.3, -0.25) is 4.79 Å². The highest BCUT2D eigenvalue weighted by Gasteiger charge is 2.17. The molecule has 0 N–H and O–H groups in total. The van der Waals surface area contributed by atoms with Crippen LogP contribution in [0.5, 0.6) is 0 Å². The van der Waals surface area contributed by atoms with Crippen LogP contribution < -0.4 is 0 Å². The molecule has 1 heterocycles. The summed E-state index contributed by atoms with van der Waals surface area (Å²) >= 11 is 3.19. The Kier molecular flexibility index (Phi) is 3.19. The molecule has 13 heavy (non-hydrogen) atoms. The van der Waals surface area contributed by atoms with Crippen LogP contribution in [0.4, 0.5) is 0 Å². The molecule has 4 nitrogen and oxygen atoms in total. The van der Waals surface area contributed by atoms with Crippen molar-refractivity contribution in [3.8, 4) is 0 Å². The monoisotopic (exact) mass is 245 g/mol. The van der Waals surface area contributed by atoms with Crippen molar-refractivity contribution in [2.24, 2.45) is 13.0 Å². The summed E-state index contributed by atoms with van der Waals surface area (Å²) in [7, 11) is 1.71. The number of hydrogen-bond donors (Lipinski definition) is 0. The third-order valence-corrected chi connectivity index (χ3v) is 2.18. The number of rotatable bonds is 3. The lowest BCUT2D eigenvalue weighted by Crippen LogP contribution is -2.09. The van der Waals surface area contributed by atoms with Gasteiger partial charge in [-0.2, -0.15) is 0 Å². The van der Waals surface area contributed by atoms with Gasteiger partial charge >= 0.3 is 0 Å². The number of Topliss-reactive ketones (excluding diaryl/α,β-unsaturated/α-hetero) is 1. The molecule has 0 atom stereocenters. The Labute approximate surface area is 85.4 Å². The minimum atomic E-state index is 0.0781. The fraction of sp³-hybridized carbons (Fsp3) is 0.625. The lowest BCUT2D eigenvalue weighted by molar-refractivity contribution is 0.0958. The topological polar surface area (TPSA) is 47.8 Å². The second-order valence-electron chi connectivity index (χ2n) is 3.37. The molecule has 0 bridgehead atoms. The smallest absolute Gasteiger partial charge is 0.183 e. The molecule has 0 unspecified atom stereocenters. The van der Waals surface area contributed by atoms with Gasteiger partial charge in [0.05, 0.1) is 0 Å². The van der Waals surface area contributed by atoms with E-state index >= 15 is 0 Å². The minimum Gasteiger partial charge on any atom is -0.292 e. The van der Waals surface area contributed by atoms with Crippen molar-refractivity contribution in [2.75, 3.05) is 0 Å². The third-order valence-electron chi connectivity index (χ3n) is 1.64. The summed E-state index contributed by atoms with van der Waals surface area (Å²) < 4.78 is 2.02. The number of aromatic nitrogens is 3. The van der Waals surface area contributed by atoms with Gasteiger partial charge in [0, 0.05) is 13.5 Å². The summed E-state index contributed by atoms with van der Waals surface area (Å²) in [5, 5.41) is 7.50. The van der Waals surface area contributed by atoms with Gasteiger partial charge in [-0.05, 0) is 21.8 Å². The summed E-state index contributed by atoms with van der Waals surface area (Å²) in [6.45, 7) is 4.02. The Balaban J connectivity index is 2.88. The molecule has 0 spiro atoms. The molecule has 0 fully saturated rings. The molecule has 72 valence electrons. The molecule has 0 aromatic carbocycles. The molecule has 5 heteroatoms. The highest BCUT2D eigenvalue weighted by molar-refractivity contribution is 9.10. The molecule has 0 aliphatic rings. The first-order valence-corrected chi connectivity index (χ1v) is 4.90. The van der Waals surface area contributed by atoms with Crippen LogP contribution in [0.2, 0.25) is 0 Å². The van der Waals surface area contributed by atoms with E-state index < -0.39 is 0 Å². The average molecular weight is 246 g/mol. The van der Waals surface area contributed by atoms with Crippen molar-refractivity contribution >= 4 is 21.7 Å². The van der Waals surface area contributed by atoms with Gasteiger partial charge in [0.25, 0.3) is 0 Å². The first-order valence-electron chi connectivity index (χ1n) is 4.10. The number of halogens is 1. The molecule has 0 radical (unpaired) electrons. The number of carbonyl (C=O) groups excluding carboxylic acids is 1. The standard InChI is InChI=1S/C8H12BrN3O/c1-5(2)4-6(13)7-8(9)10-11-12(7)3/h5H,4H2,1-3H3. The highest BCUT2D eigenvalue weighted by atomic mass is 79.9. The fourth-order valence-corrected chi connectivity index (χ4v) is 1.64. The number of carbonyl (C=O) groups is 1. The quantitative estimate of drug-likeness (QED) is 0.764. The number of nitrogens with zero attached hydrogens (tertiary/aromatic N) is 3. The maximum absolute atomic E-state index is 11.6. The zero-order chi connectivity index (χ0) is 10.0. The molecule has 1 rings (SSSR count). The summed E-state index contributed by atoms with van der Waals surface area (Å²) in [5.41, 5.74) is 0.550. The van der Waals surface area contributed by atoms with Crippen LogP contribution in [0.15, 0.2) is 4.60 Å². The number of hydrogen-bond acceptors (Lipinski definition) is 3. The van der Waals surface area contributed by atoms with Crippen LogP contribution in [-0.2, 0) is 7.05 Å². The van der Waals surface area contributed by atoms with Crippen molar-refractivity contribution in [2.45, 2.75) is 20.3 Å². The first kappa shape index (κ1) is 10.4. The summed E-state index contributed by atoms with van der Waals surface area (Å²) in [4.78, 5) is 11.6. The van der Waals surface area contributed by atoms with Crippen LogP contribution in [0, 0.1) is 5.92 Å². The second kappa shape index (κ2) is 4.00. The Morgan fingerprint density at radius 1 is 1.62 bits per heavy atom. The number of ketones is 1. The molecule has 1 aromatic rings. The van der Waals surface area contributed by atoms with E-state index in [-0.39, 0.29) is 5.78 Å². The zero-order valence-electron chi connectivity index (χ0n) is 7.91. The van der Waals surface area contributed by atoms with E-state index in [1.807, 2.05) is 13.8 Å². The van der Waals surface area contributed by atoms with Crippen LogP contribution >= 0.6 is 15.9 Å². The van der Waals surface area contributed by atoms with Gasteiger partial charge in [0.15, 0.2) is 10.4 Å². The van der Waals surface area contributed by atoms with Crippen molar-refractivity contribution < 1.29 is 4.79 Å². The van der Waals surface area contributed by atoms with Crippen molar-refractivity contribution in [3.63, 3.8) is 0 Å². The third kappa shape index (κ3) is 2.37. The largest absolute Gasteiger partial charge is 0.292 e. The second-order valence-corrected chi connectivity index (χ2v) is 4.12. The van der Waals surface area contributed by atoms with E-state index in [1.165, 1.54) is 4.68 Å². The summed E-state index contributed by atoms with van der Waals surface area (Å²) in [6, 6.07) is 0. The maximum Gasteiger partial charge on any atom is 0.183 e. The Hall–Kier alpha value is -0.710. The predicted molar refractivity (Wildman–Crippen MR) is 52.5 cm³/mol. The Bertz CT molecular complexity index is 300. The first-order chi connectivity index (χ1) is 6.02. The van der Waals surface area contributed by atoms with Crippen LogP contribution in [-0.4, -0.2) is 20.8 Å². The van der Waals surface area contributed by atoms with E-state index in [0.717, 1.165) is 0 Å². The minimum absolute atomic E-state index is 0.0781. The van der Waals surface area contributed by atoms with Crippen molar-refractivity contribution in [1.82, 2.24) is 15.0 Å². The molecular weight excluding hydrogens is 234 g/mol. The van der Waals surface area contributed by atoms with Gasteiger partial charge in [0.1, 0.15) is 5.69 Å². The van der Waals surface area contributed by atoms with Gasteiger partial charge in [-0.15, -0.1) is 5.10 Å². The van der Waals surface area contributed by atoms with Gasteiger partial charge in [-0.1, -0.05) is 19.1 Å². The summed E-state index contributed by atoms with van der Waals surface area (Å²) in [5.74, 6) is 0.434. The van der Waals surface area contributed by atoms with E-state index in [9.17, 15) is 4.79 Å². The van der Waals surface area contributed by atoms with E-state index in [4.69, 9.17) is 0 Å². The van der Waals surface area contributed by atoms with Gasteiger partial charge in [-0.25, -0.2) is 4.68 Å². The molecule has 0 amide bonds. The SMILES string of the molecule is CC(C)CC(=O)c1c(Br)nnn1C. The van der Waals surface area contributed by atoms with Crippen molar-refractivity contribution in [1.29, 1.82) is 0 Å². The molecule has 0 saturated heterocycles. The lowest BCUT2D eigenvalue weighted by Gasteiger charge is -2.03. The highest BCUT2D eigenvalue weighted by Crippen LogP contribution is 2.15. The molecule has 0 aliphatic carbocycles. The molecular formula is C8H12BrN3O. The van der Waals surface area contributed by atoms with Crippen LogP contribution in [0.3, 0.4) is 0 Å². The van der Waals surface area contributed by atoms with E-state index in [0.29, 0.717) is 22.6 Å². The Morgan fingerprint density at radius 3 is 2.62 bits per heavy atom. The number of aryl methyl sites for hydroxylation is 1. The molecule has 0 saturated carbocycles. The van der Waals surface area contributed by atoms with E-state index in [1.54, 1.807) is 7.05 Å². The summed E-state index contributed by atoms with van der Waals surface area (Å²) in [6.07, 6.45) is 0.528. The zero-order valence-corrected chi connectivity index (χ0v) is 9.50. The Morgan fingerprint density at radius 2 is 2.23 bits per heavy atom. The fourth-order valence-electron chi connectivity index (χ4n) is 1.09. The molecule has 1 aromatic heterocycles. The predicted octanol–water partition coefficient (Wildman–Crippen LogP) is 1.81. The maximum atomic E-state index is 11.6. The van der Waals surface area contributed by atoms with Crippen molar-refractivity contribution in [3.05, 3.63) is 10.3 Å². The van der Waals surface area contributed by atoms with E-state index in [2.05, 4.69) is 26.2 Å². The lowest BCUT2D eigenvalue weighted by atomic mass is 10.1. The average Bonchev–Trinajstić information content (AvgIpc) is 2.29. The molecule has 0 aliphatic heterocycles. The van der Waals surface area contributed by atoms with Gasteiger partial charge < -0.3 is 0 Å². The van der Waals surface area contributed by atoms with Crippen LogP contribution in [0.1, 0.15) is 30.8 Å².